The first kappa shape index (κ1) is 67.7. The Morgan fingerprint density at radius 3 is 0.800 bits per heavy atom. The average Bonchev–Trinajstić information content (AvgIpc) is 0.834. The van der Waals surface area contributed by atoms with Crippen LogP contribution in [0.5, 0.6) is 69.0 Å². The smallest absolute Gasteiger partial charge is 0.260 e. The van der Waals surface area contributed by atoms with E-state index in [1.54, 1.807) is 0 Å². The molecule has 0 amide bonds. The van der Waals surface area contributed by atoms with Crippen molar-refractivity contribution in [2.45, 2.75) is 0 Å². The average molecular weight is 1540 g/mol. The van der Waals surface area contributed by atoms with Gasteiger partial charge in [-0.25, -0.2) is 0 Å². The van der Waals surface area contributed by atoms with Crippen LogP contribution in [0.1, 0.15) is 0 Å². The monoisotopic (exact) mass is 1540 g/mol. The number of benzene rings is 18. The Kier molecular flexibility index (Phi) is 15.2. The van der Waals surface area contributed by atoms with Crippen molar-refractivity contribution in [2.75, 3.05) is 0 Å². The lowest BCUT2D eigenvalue weighted by atomic mass is 9.35. The van der Waals surface area contributed by atoms with E-state index in [0.717, 1.165) is 218 Å². The minimum atomic E-state index is 0.0750. The van der Waals surface area contributed by atoms with E-state index in [4.69, 9.17) is 41.7 Å². The van der Waals surface area contributed by atoms with Crippen molar-refractivity contribution in [2.24, 2.45) is 0 Å². The Morgan fingerprint density at radius 2 is 0.408 bits per heavy atom. The molecule has 0 fully saturated rings. The lowest BCUT2D eigenvalue weighted by Gasteiger charge is -2.33. The lowest BCUT2D eigenvalue weighted by molar-refractivity contribution is 0.464. The van der Waals surface area contributed by atoms with E-state index in [1.807, 2.05) is 72.8 Å². The van der Waals surface area contributed by atoms with Gasteiger partial charge < -0.3 is 41.7 Å². The predicted molar refractivity (Wildman–Crippen MR) is 487 cm³/mol. The third-order valence-corrected chi connectivity index (χ3v) is 24.6. The summed E-state index contributed by atoms with van der Waals surface area (Å²) in [4.78, 5) is 0. The van der Waals surface area contributed by atoms with Crippen molar-refractivity contribution in [1.82, 2.24) is 0 Å². The SMILES string of the molecule is c1cc(-c2cc3c4c(c2)Oc2ccccc2B4c2ccccc2O3)cc(-c2ccc3oc4ccccc4c3c2)c1.c1cc(-c2cc3c4c(c2)Oc2ccccc2B4c2ccccc2O3)cc(-c2cccc3c2oc2ccccc23)c1.c1ccc2c(c1)Oc1cc(-c3ccc(-c4ccc5oc6ccccc6c5c4)cc3)cc3c1B2c1ccccc1O3. The van der Waals surface area contributed by atoms with E-state index >= 15 is 0 Å². The Bertz CT molecular complexity index is 7650. The van der Waals surface area contributed by atoms with Crippen molar-refractivity contribution in [3.63, 3.8) is 0 Å². The van der Waals surface area contributed by atoms with E-state index < -0.39 is 0 Å². The topological polar surface area (TPSA) is 94.8 Å². The highest BCUT2D eigenvalue weighted by Gasteiger charge is 2.44. The number of furan rings is 3. The number of hydrogen-bond donors (Lipinski definition) is 0. The Morgan fingerprint density at radius 1 is 0.150 bits per heavy atom. The minimum Gasteiger partial charge on any atom is -0.458 e. The van der Waals surface area contributed by atoms with Crippen molar-refractivity contribution < 1.29 is 41.7 Å². The van der Waals surface area contributed by atoms with Gasteiger partial charge in [-0.15, -0.1) is 0 Å². The van der Waals surface area contributed by atoms with Gasteiger partial charge >= 0.3 is 0 Å². The molecule has 18 aromatic carbocycles. The molecule has 0 unspecified atom stereocenters. The highest BCUT2D eigenvalue weighted by Crippen LogP contribution is 2.46. The predicted octanol–water partition coefficient (Wildman–Crippen LogP) is 22.9. The molecule has 3 aromatic heterocycles. The molecule has 9 nitrogen and oxygen atoms in total. The molecule has 0 radical (unpaired) electrons. The van der Waals surface area contributed by atoms with Crippen LogP contribution >= 0.6 is 0 Å². The Labute approximate surface area is 690 Å². The van der Waals surface area contributed by atoms with E-state index in [0.29, 0.717) is 0 Å². The second-order valence-electron chi connectivity index (χ2n) is 31.4. The largest absolute Gasteiger partial charge is 0.458 e. The van der Waals surface area contributed by atoms with Crippen LogP contribution in [0.15, 0.2) is 395 Å². The van der Waals surface area contributed by atoms with E-state index in [1.165, 1.54) is 32.8 Å². The van der Waals surface area contributed by atoms with Crippen molar-refractivity contribution in [3.05, 3.63) is 382 Å². The first-order valence-corrected chi connectivity index (χ1v) is 40.6. The zero-order valence-electron chi connectivity index (χ0n) is 64.3. The second kappa shape index (κ2) is 27.0. The van der Waals surface area contributed by atoms with E-state index in [9.17, 15) is 0 Å². The standard InChI is InChI=1S/3C36H21BO3/c1-4-16-30-26(11-1)27-13-8-12-25(36(27)40-30)23-10-7-9-22(19-23)24-20-33-35-34(21-24)39-32-18-6-3-15-29(32)37(35)28-14-2-5-17-31(28)38-33;1-4-13-30-26(10-1)27-19-24(16-17-31(27)38-30)22-8-7-9-23(18-22)25-20-34-36-35(21-25)40-33-15-6-3-12-29(33)37(36)28-11-2-5-14-32(28)39-34;1-4-10-30-26(7-1)27-19-24(17-18-31(27)38-30)22-13-15-23(16-14-22)25-20-34-36-35(21-25)40-33-12-6-3-9-29(33)37(36)28-8-2-5-11-32(28)39-34/h3*1-21H. The summed E-state index contributed by atoms with van der Waals surface area (Å²) in [5.41, 5.74) is 29.0. The first-order chi connectivity index (χ1) is 59.4. The fourth-order valence-corrected chi connectivity index (χ4v) is 19.1. The molecule has 0 N–H and O–H groups in total. The van der Waals surface area contributed by atoms with E-state index in [-0.39, 0.29) is 20.1 Å². The maximum absolute atomic E-state index is 6.51. The van der Waals surface area contributed by atoms with Crippen LogP contribution in [-0.4, -0.2) is 20.1 Å². The summed E-state index contributed by atoms with van der Waals surface area (Å²) in [6, 6.07) is 133. The number of para-hydroxylation sites is 10. The van der Waals surface area contributed by atoms with Gasteiger partial charge in [-0.2, -0.15) is 0 Å². The van der Waals surface area contributed by atoms with Gasteiger partial charge in [0.25, 0.3) is 20.1 Å². The molecule has 21 aromatic rings. The summed E-state index contributed by atoms with van der Waals surface area (Å²) in [7, 11) is 0. The van der Waals surface area contributed by atoms with Gasteiger partial charge in [-0.05, 0) is 221 Å². The number of rotatable bonds is 6. The molecular weight excluding hydrogens is 1470 g/mol. The fraction of sp³-hybridized carbons (Fsp3) is 0. The molecule has 0 spiro atoms. The van der Waals surface area contributed by atoms with Crippen molar-refractivity contribution in [3.8, 4) is 136 Å². The van der Waals surface area contributed by atoms with Crippen LogP contribution in [0.2, 0.25) is 0 Å². The molecule has 0 saturated carbocycles. The minimum absolute atomic E-state index is 0.0750. The molecule has 27 rings (SSSR count). The zero-order chi connectivity index (χ0) is 78.6. The molecule has 558 valence electrons. The molecule has 6 aliphatic heterocycles. The van der Waals surface area contributed by atoms with Crippen LogP contribution < -0.4 is 77.6 Å². The second-order valence-corrected chi connectivity index (χ2v) is 31.4. The summed E-state index contributed by atoms with van der Waals surface area (Å²) in [6.45, 7) is 0.244. The van der Waals surface area contributed by atoms with Gasteiger partial charge in [0.15, 0.2) is 0 Å². The molecule has 0 bridgehead atoms. The number of fused-ring (bicyclic) bond motifs is 21. The van der Waals surface area contributed by atoms with Gasteiger partial charge in [0.05, 0.1) is 0 Å². The molecule has 0 atom stereocenters. The molecule has 12 heteroatoms. The van der Waals surface area contributed by atoms with Crippen LogP contribution in [0.4, 0.5) is 0 Å². The van der Waals surface area contributed by atoms with Gasteiger partial charge in [0.2, 0.25) is 0 Å². The Balaban J connectivity index is 0.0000000997. The van der Waals surface area contributed by atoms with Crippen LogP contribution in [0.3, 0.4) is 0 Å². The van der Waals surface area contributed by atoms with Gasteiger partial charge in [-0.3, -0.25) is 0 Å². The first-order valence-electron chi connectivity index (χ1n) is 40.6. The van der Waals surface area contributed by atoms with Gasteiger partial charge in [0.1, 0.15) is 102 Å². The maximum atomic E-state index is 6.51. The van der Waals surface area contributed by atoms with E-state index in [2.05, 4.69) is 309 Å². The van der Waals surface area contributed by atoms with Crippen molar-refractivity contribution in [1.29, 1.82) is 0 Å². The third kappa shape index (κ3) is 11.0. The maximum Gasteiger partial charge on any atom is 0.260 e. The van der Waals surface area contributed by atoms with Crippen LogP contribution in [0, 0.1) is 0 Å². The van der Waals surface area contributed by atoms with Gasteiger partial charge in [0, 0.05) is 54.3 Å². The lowest BCUT2D eigenvalue weighted by Crippen LogP contribution is -2.57. The van der Waals surface area contributed by atoms with Gasteiger partial charge in [-0.1, -0.05) is 255 Å². The normalized spacial score (nSPS) is 12.8. The highest BCUT2D eigenvalue weighted by molar-refractivity contribution is 6.99. The third-order valence-electron chi connectivity index (χ3n) is 24.6. The summed E-state index contributed by atoms with van der Waals surface area (Å²) in [5, 5.41) is 6.79. The molecule has 9 heterocycles. The molecular formula is C108H63B3O9. The Hall–Kier alpha value is -15.6. The molecule has 0 saturated heterocycles. The number of hydrogen-bond acceptors (Lipinski definition) is 9. The van der Waals surface area contributed by atoms with Crippen LogP contribution in [-0.2, 0) is 0 Å². The van der Waals surface area contributed by atoms with Crippen LogP contribution in [0.25, 0.3) is 133 Å². The molecule has 6 aliphatic rings. The quantitative estimate of drug-likeness (QED) is 0.151. The summed E-state index contributed by atoms with van der Waals surface area (Å²) >= 11 is 0. The highest BCUT2D eigenvalue weighted by atomic mass is 16.5. The summed E-state index contributed by atoms with van der Waals surface area (Å²) < 4.78 is 57.4. The van der Waals surface area contributed by atoms with Crippen molar-refractivity contribution >= 4 is 135 Å². The number of ether oxygens (including phenoxy) is 6. The zero-order valence-corrected chi connectivity index (χ0v) is 64.3. The fourth-order valence-electron chi connectivity index (χ4n) is 19.1. The summed E-state index contributed by atoms with van der Waals surface area (Å²) in [5.74, 6) is 10.5. The summed E-state index contributed by atoms with van der Waals surface area (Å²) in [6.07, 6.45) is 0. The molecule has 120 heavy (non-hydrogen) atoms. The molecule has 0 aliphatic carbocycles.